The molecule has 4 unspecified atom stereocenters. The first-order valence-corrected chi connectivity index (χ1v) is 11.8. The second-order valence-corrected chi connectivity index (χ2v) is 8.76. The molecule has 0 aliphatic heterocycles. The molecule has 4 atom stereocenters. The van der Waals surface area contributed by atoms with Gasteiger partial charge in [-0.3, -0.25) is 14.4 Å². The van der Waals surface area contributed by atoms with Crippen LogP contribution >= 0.6 is 0 Å². The van der Waals surface area contributed by atoms with Crippen molar-refractivity contribution in [2.24, 2.45) is 5.73 Å². The normalized spacial score (nSPS) is 14.2. The molecular weight excluding hydrogens is 478 g/mol. The number of aliphatic hydroxyl groups excluding tert-OH is 1. The van der Waals surface area contributed by atoms with Crippen LogP contribution in [0.3, 0.4) is 0 Å². The number of fused-ring (bicyclic) bond motifs is 1. The van der Waals surface area contributed by atoms with Crippen molar-refractivity contribution in [1.82, 2.24) is 20.9 Å². The van der Waals surface area contributed by atoms with Gasteiger partial charge in [0.2, 0.25) is 17.7 Å². The van der Waals surface area contributed by atoms with Crippen molar-refractivity contribution in [3.8, 4) is 0 Å². The van der Waals surface area contributed by atoms with E-state index in [4.69, 9.17) is 5.73 Å². The molecule has 0 saturated carbocycles. The van der Waals surface area contributed by atoms with E-state index in [2.05, 4.69) is 20.9 Å². The van der Waals surface area contributed by atoms with Crippen LogP contribution in [0.15, 0.2) is 60.8 Å². The van der Waals surface area contributed by atoms with Gasteiger partial charge < -0.3 is 36.9 Å². The molecule has 11 nitrogen and oxygen atoms in total. The van der Waals surface area contributed by atoms with Gasteiger partial charge in [-0.05, 0) is 24.1 Å². The van der Waals surface area contributed by atoms with Crippen LogP contribution in [0.1, 0.15) is 18.1 Å². The fourth-order valence-electron chi connectivity index (χ4n) is 3.80. The number of para-hydroxylation sites is 1. The Morgan fingerprint density at radius 3 is 2.27 bits per heavy atom. The monoisotopic (exact) mass is 509 g/mol. The molecular formula is C26H31N5O6. The minimum absolute atomic E-state index is 0.0585. The number of carboxylic acid groups (broad SMARTS) is 1. The Kier molecular flexibility index (Phi) is 9.36. The predicted molar refractivity (Wildman–Crippen MR) is 136 cm³/mol. The van der Waals surface area contributed by atoms with Gasteiger partial charge in [0.15, 0.2) is 0 Å². The van der Waals surface area contributed by atoms with E-state index >= 15 is 0 Å². The SMILES string of the molecule is CC(O)C(N)C(=O)NCC(=O)NC(Cc1c[nH]c2ccccc12)C(=O)NC(Cc1ccccc1)C(=O)O. The highest BCUT2D eigenvalue weighted by Crippen LogP contribution is 2.19. The minimum atomic E-state index is -1.22. The molecule has 3 rings (SSSR count). The summed E-state index contributed by atoms with van der Waals surface area (Å²) in [5, 5.41) is 27.4. The number of aromatic nitrogens is 1. The van der Waals surface area contributed by atoms with Gasteiger partial charge in [0.05, 0.1) is 12.6 Å². The van der Waals surface area contributed by atoms with Gasteiger partial charge in [-0.25, -0.2) is 4.79 Å². The zero-order valence-corrected chi connectivity index (χ0v) is 20.3. The quantitative estimate of drug-likeness (QED) is 0.177. The number of aliphatic hydroxyl groups is 1. The smallest absolute Gasteiger partial charge is 0.326 e. The lowest BCUT2D eigenvalue weighted by Gasteiger charge is -2.22. The van der Waals surface area contributed by atoms with Gasteiger partial charge in [-0.1, -0.05) is 48.5 Å². The van der Waals surface area contributed by atoms with Crippen molar-refractivity contribution >= 4 is 34.6 Å². The number of nitrogens with one attached hydrogen (secondary N) is 4. The van der Waals surface area contributed by atoms with Crippen molar-refractivity contribution in [2.45, 2.75) is 44.0 Å². The average Bonchev–Trinajstić information content (AvgIpc) is 3.29. The van der Waals surface area contributed by atoms with E-state index in [-0.39, 0.29) is 12.8 Å². The maximum absolute atomic E-state index is 13.2. The van der Waals surface area contributed by atoms with Crippen molar-refractivity contribution < 1.29 is 29.4 Å². The van der Waals surface area contributed by atoms with Gasteiger partial charge in [0.25, 0.3) is 0 Å². The average molecular weight is 510 g/mol. The number of benzene rings is 2. The molecule has 0 bridgehead atoms. The van der Waals surface area contributed by atoms with Crippen LogP contribution in [-0.4, -0.2) is 69.7 Å². The Bertz CT molecular complexity index is 1240. The predicted octanol–water partition coefficient (Wildman–Crippen LogP) is -0.168. The van der Waals surface area contributed by atoms with E-state index in [1.54, 1.807) is 36.5 Å². The van der Waals surface area contributed by atoms with Gasteiger partial charge in [-0.15, -0.1) is 0 Å². The number of aliphatic carboxylic acids is 1. The van der Waals surface area contributed by atoms with Crippen LogP contribution in [-0.2, 0) is 32.0 Å². The van der Waals surface area contributed by atoms with Crippen molar-refractivity contribution in [1.29, 1.82) is 0 Å². The number of hydrogen-bond acceptors (Lipinski definition) is 6. The fraction of sp³-hybridized carbons (Fsp3) is 0.308. The number of carbonyl (C=O) groups is 4. The van der Waals surface area contributed by atoms with E-state index < -0.39 is 54.5 Å². The standard InChI is InChI=1S/C26H31N5O6/c1-15(32)23(27)25(35)29-14-22(33)30-20(12-17-13-28-19-10-6-5-9-18(17)19)24(34)31-21(26(36)37)11-16-7-3-2-4-8-16/h2-10,13,15,20-21,23,28,32H,11-12,14,27H2,1H3,(H,29,35)(H,30,33)(H,31,34)(H,36,37). The molecule has 8 N–H and O–H groups in total. The van der Waals surface area contributed by atoms with Gasteiger partial charge in [0, 0.05) is 29.9 Å². The third kappa shape index (κ3) is 7.63. The number of nitrogens with two attached hydrogens (primary N) is 1. The summed E-state index contributed by atoms with van der Waals surface area (Å²) in [6.45, 7) is 0.865. The molecule has 1 heterocycles. The summed E-state index contributed by atoms with van der Waals surface area (Å²) in [7, 11) is 0. The fourth-order valence-corrected chi connectivity index (χ4v) is 3.80. The summed E-state index contributed by atoms with van der Waals surface area (Å²) in [6.07, 6.45) is 0.740. The molecule has 0 fully saturated rings. The molecule has 0 aliphatic rings. The van der Waals surface area contributed by atoms with E-state index in [9.17, 15) is 29.4 Å². The number of carbonyl (C=O) groups excluding carboxylic acids is 3. The molecule has 11 heteroatoms. The summed E-state index contributed by atoms with van der Waals surface area (Å²) in [5.41, 5.74) is 7.88. The topological polar surface area (TPSA) is 187 Å². The highest BCUT2D eigenvalue weighted by atomic mass is 16.4. The molecule has 3 aromatic rings. The highest BCUT2D eigenvalue weighted by Gasteiger charge is 2.28. The third-order valence-electron chi connectivity index (χ3n) is 5.89. The Morgan fingerprint density at radius 1 is 0.919 bits per heavy atom. The third-order valence-corrected chi connectivity index (χ3v) is 5.89. The van der Waals surface area contributed by atoms with E-state index in [1.807, 2.05) is 24.3 Å². The molecule has 1 aromatic heterocycles. The number of carboxylic acids is 1. The maximum Gasteiger partial charge on any atom is 0.326 e. The van der Waals surface area contributed by atoms with Crippen molar-refractivity contribution in [3.63, 3.8) is 0 Å². The van der Waals surface area contributed by atoms with Crippen LogP contribution in [0.4, 0.5) is 0 Å². The number of aromatic amines is 1. The first-order chi connectivity index (χ1) is 17.7. The number of rotatable bonds is 12. The van der Waals surface area contributed by atoms with Crippen LogP contribution < -0.4 is 21.7 Å². The lowest BCUT2D eigenvalue weighted by Crippen LogP contribution is -2.55. The lowest BCUT2D eigenvalue weighted by molar-refractivity contribution is -0.142. The summed E-state index contributed by atoms with van der Waals surface area (Å²) in [5.74, 6) is -3.31. The van der Waals surface area contributed by atoms with E-state index in [1.165, 1.54) is 6.92 Å². The Labute approximate surface area is 213 Å². The number of H-pyrrole nitrogens is 1. The summed E-state index contributed by atoms with van der Waals surface area (Å²) in [4.78, 5) is 52.8. The van der Waals surface area contributed by atoms with Crippen LogP contribution in [0.25, 0.3) is 10.9 Å². The van der Waals surface area contributed by atoms with Gasteiger partial charge in [0.1, 0.15) is 18.1 Å². The second-order valence-electron chi connectivity index (χ2n) is 8.76. The lowest BCUT2D eigenvalue weighted by atomic mass is 10.0. The molecule has 0 aliphatic carbocycles. The van der Waals surface area contributed by atoms with Crippen LogP contribution in [0.5, 0.6) is 0 Å². The molecule has 2 aromatic carbocycles. The van der Waals surface area contributed by atoms with Crippen LogP contribution in [0, 0.1) is 0 Å². The largest absolute Gasteiger partial charge is 0.480 e. The number of amides is 3. The Morgan fingerprint density at radius 2 is 1.59 bits per heavy atom. The van der Waals surface area contributed by atoms with Gasteiger partial charge in [-0.2, -0.15) is 0 Å². The zero-order valence-electron chi connectivity index (χ0n) is 20.3. The first-order valence-electron chi connectivity index (χ1n) is 11.8. The Hall–Kier alpha value is -4.22. The Balaban J connectivity index is 1.75. The second kappa shape index (κ2) is 12.7. The maximum atomic E-state index is 13.2. The zero-order chi connectivity index (χ0) is 26.9. The molecule has 3 amide bonds. The summed E-state index contributed by atoms with van der Waals surface area (Å²) < 4.78 is 0. The van der Waals surface area contributed by atoms with Crippen LogP contribution in [0.2, 0.25) is 0 Å². The number of hydrogen-bond donors (Lipinski definition) is 7. The van der Waals surface area contributed by atoms with E-state index in [0.29, 0.717) is 0 Å². The highest BCUT2D eigenvalue weighted by molar-refractivity contribution is 5.93. The van der Waals surface area contributed by atoms with E-state index in [0.717, 1.165) is 22.0 Å². The first kappa shape index (κ1) is 27.4. The minimum Gasteiger partial charge on any atom is -0.480 e. The molecule has 0 spiro atoms. The van der Waals surface area contributed by atoms with Crippen molar-refractivity contribution in [3.05, 3.63) is 71.9 Å². The van der Waals surface area contributed by atoms with Gasteiger partial charge >= 0.3 is 5.97 Å². The molecule has 0 radical (unpaired) electrons. The molecule has 196 valence electrons. The van der Waals surface area contributed by atoms with Crippen molar-refractivity contribution in [2.75, 3.05) is 6.54 Å². The summed E-state index contributed by atoms with van der Waals surface area (Å²) >= 11 is 0. The molecule has 0 saturated heterocycles. The molecule has 37 heavy (non-hydrogen) atoms. The summed E-state index contributed by atoms with van der Waals surface area (Å²) in [6, 6.07) is 12.7.